The van der Waals surface area contributed by atoms with Crippen LogP contribution in [0.5, 0.6) is 0 Å². The number of amides is 1. The molecule has 1 aromatic rings. The van der Waals surface area contributed by atoms with Gasteiger partial charge in [-0.1, -0.05) is 6.42 Å². The van der Waals surface area contributed by atoms with Gasteiger partial charge in [-0.2, -0.15) is 0 Å². The van der Waals surface area contributed by atoms with Crippen LogP contribution in [-0.2, 0) is 0 Å². The third-order valence-electron chi connectivity index (χ3n) is 4.86. The Labute approximate surface area is 112 Å². The fourth-order valence-corrected chi connectivity index (χ4v) is 3.89. The second kappa shape index (κ2) is 4.83. The minimum Gasteiger partial charge on any atom is -0.367 e. The third kappa shape index (κ3) is 2.31. The van der Waals surface area contributed by atoms with Crippen LogP contribution in [0.25, 0.3) is 0 Å². The van der Waals surface area contributed by atoms with Crippen LogP contribution in [-0.4, -0.2) is 16.9 Å². The Morgan fingerprint density at radius 1 is 1.42 bits per heavy atom. The molecule has 0 aromatic carbocycles. The lowest BCUT2D eigenvalue weighted by Crippen LogP contribution is -2.41. The molecule has 0 saturated heterocycles. The number of rotatable bonds is 3. The maximum atomic E-state index is 12.1. The van der Waals surface area contributed by atoms with Gasteiger partial charge in [0.05, 0.1) is 0 Å². The van der Waals surface area contributed by atoms with Gasteiger partial charge in [0, 0.05) is 24.5 Å². The lowest BCUT2D eigenvalue weighted by Gasteiger charge is -2.28. The molecule has 2 aliphatic rings. The summed E-state index contributed by atoms with van der Waals surface area (Å²) in [6, 6.07) is 1.54. The molecule has 0 aliphatic heterocycles. The SMILES string of the molecule is CC(NC(=O)c1c[nH]ccc1=O)C1CC2CCC1C2. The van der Waals surface area contributed by atoms with E-state index in [1.165, 1.54) is 37.9 Å². The molecule has 2 fully saturated rings. The van der Waals surface area contributed by atoms with Crippen molar-refractivity contribution in [2.75, 3.05) is 0 Å². The molecule has 2 bridgehead atoms. The van der Waals surface area contributed by atoms with E-state index in [0.717, 1.165) is 11.8 Å². The quantitative estimate of drug-likeness (QED) is 0.872. The molecule has 3 rings (SSSR count). The highest BCUT2D eigenvalue weighted by Crippen LogP contribution is 2.49. The zero-order valence-electron chi connectivity index (χ0n) is 11.2. The van der Waals surface area contributed by atoms with E-state index in [4.69, 9.17) is 0 Å². The monoisotopic (exact) mass is 260 g/mol. The van der Waals surface area contributed by atoms with Crippen molar-refractivity contribution in [2.24, 2.45) is 17.8 Å². The smallest absolute Gasteiger partial charge is 0.256 e. The van der Waals surface area contributed by atoms with Crippen LogP contribution in [0, 0.1) is 17.8 Å². The van der Waals surface area contributed by atoms with E-state index in [1.54, 1.807) is 6.20 Å². The average Bonchev–Trinajstić information content (AvgIpc) is 3.01. The number of aromatic amines is 1. The first-order chi connectivity index (χ1) is 9.15. The number of carbonyl (C=O) groups is 1. The number of H-pyrrole nitrogens is 1. The summed E-state index contributed by atoms with van der Waals surface area (Å²) in [7, 11) is 0. The number of hydrogen-bond acceptors (Lipinski definition) is 2. The van der Waals surface area contributed by atoms with Crippen molar-refractivity contribution in [3.63, 3.8) is 0 Å². The van der Waals surface area contributed by atoms with Gasteiger partial charge in [0.15, 0.2) is 5.43 Å². The molecule has 4 heteroatoms. The molecule has 4 atom stereocenters. The summed E-state index contributed by atoms with van der Waals surface area (Å²) < 4.78 is 0. The highest BCUT2D eigenvalue weighted by Gasteiger charge is 2.42. The Bertz CT molecular complexity index is 537. The molecule has 2 saturated carbocycles. The first-order valence-electron chi connectivity index (χ1n) is 7.13. The van der Waals surface area contributed by atoms with E-state index in [0.29, 0.717) is 5.92 Å². The van der Waals surface area contributed by atoms with E-state index < -0.39 is 0 Å². The number of hydrogen-bond donors (Lipinski definition) is 2. The summed E-state index contributed by atoms with van der Waals surface area (Å²) in [4.78, 5) is 26.5. The van der Waals surface area contributed by atoms with Gasteiger partial charge in [0.2, 0.25) is 0 Å². The molecule has 1 aromatic heterocycles. The van der Waals surface area contributed by atoms with E-state index in [-0.39, 0.29) is 22.9 Å². The second-order valence-electron chi connectivity index (χ2n) is 6.02. The molecular weight excluding hydrogens is 240 g/mol. The van der Waals surface area contributed by atoms with E-state index in [9.17, 15) is 9.59 Å². The largest absolute Gasteiger partial charge is 0.367 e. The molecule has 1 amide bonds. The van der Waals surface area contributed by atoms with Crippen molar-refractivity contribution >= 4 is 5.91 Å². The van der Waals surface area contributed by atoms with E-state index in [1.807, 2.05) is 0 Å². The minimum absolute atomic E-state index is 0.155. The maximum absolute atomic E-state index is 12.1. The molecular formula is C15H20N2O2. The van der Waals surface area contributed by atoms with Gasteiger partial charge < -0.3 is 10.3 Å². The fraction of sp³-hybridized carbons (Fsp3) is 0.600. The molecule has 2 N–H and O–H groups in total. The third-order valence-corrected chi connectivity index (χ3v) is 4.86. The Hall–Kier alpha value is -1.58. The summed E-state index contributed by atoms with van der Waals surface area (Å²) in [5, 5.41) is 3.00. The Morgan fingerprint density at radius 2 is 2.26 bits per heavy atom. The number of nitrogens with one attached hydrogen (secondary N) is 2. The lowest BCUT2D eigenvalue weighted by molar-refractivity contribution is 0.0914. The van der Waals surface area contributed by atoms with Gasteiger partial charge in [-0.05, 0) is 43.9 Å². The molecule has 102 valence electrons. The summed E-state index contributed by atoms with van der Waals surface area (Å²) in [5.41, 5.74) is -0.0195. The summed E-state index contributed by atoms with van der Waals surface area (Å²) in [5.74, 6) is 1.98. The maximum Gasteiger partial charge on any atom is 0.256 e. The molecule has 4 unspecified atom stereocenters. The van der Waals surface area contributed by atoms with E-state index >= 15 is 0 Å². The topological polar surface area (TPSA) is 62.0 Å². The molecule has 4 nitrogen and oxygen atoms in total. The van der Waals surface area contributed by atoms with Gasteiger partial charge in [0.25, 0.3) is 5.91 Å². The molecule has 0 spiro atoms. The van der Waals surface area contributed by atoms with Gasteiger partial charge in [-0.3, -0.25) is 9.59 Å². The minimum atomic E-state index is -0.253. The number of pyridine rings is 1. The standard InChI is InChI=1S/C15H20N2O2/c1-9(12-7-10-2-3-11(12)6-10)17-15(19)13-8-16-5-4-14(13)18/h4-5,8-12H,2-3,6-7H2,1H3,(H,16,18)(H,17,19). The van der Waals surface area contributed by atoms with Gasteiger partial charge >= 0.3 is 0 Å². The van der Waals surface area contributed by atoms with Crippen LogP contribution in [0.2, 0.25) is 0 Å². The Kier molecular flexibility index (Phi) is 3.17. The molecule has 1 heterocycles. The predicted octanol–water partition coefficient (Wildman–Crippen LogP) is 1.93. The second-order valence-corrected chi connectivity index (χ2v) is 6.02. The van der Waals surface area contributed by atoms with Crippen LogP contribution in [0.1, 0.15) is 43.0 Å². The fourth-order valence-electron chi connectivity index (χ4n) is 3.89. The van der Waals surface area contributed by atoms with Crippen LogP contribution in [0.3, 0.4) is 0 Å². The van der Waals surface area contributed by atoms with Crippen LogP contribution < -0.4 is 10.7 Å². The number of aromatic nitrogens is 1. The lowest BCUT2D eigenvalue weighted by atomic mass is 9.84. The normalized spacial score (nSPS) is 30.3. The summed E-state index contributed by atoms with van der Waals surface area (Å²) in [6.07, 6.45) is 8.25. The number of carbonyl (C=O) groups excluding carboxylic acids is 1. The van der Waals surface area contributed by atoms with Crippen molar-refractivity contribution in [3.05, 3.63) is 34.2 Å². The number of fused-ring (bicyclic) bond motifs is 2. The van der Waals surface area contributed by atoms with Crippen molar-refractivity contribution in [2.45, 2.75) is 38.6 Å². The van der Waals surface area contributed by atoms with Gasteiger partial charge in [0.1, 0.15) is 5.56 Å². The van der Waals surface area contributed by atoms with Gasteiger partial charge in [-0.15, -0.1) is 0 Å². The Balaban J connectivity index is 1.67. The Morgan fingerprint density at radius 3 is 2.89 bits per heavy atom. The average molecular weight is 260 g/mol. The van der Waals surface area contributed by atoms with Gasteiger partial charge in [-0.25, -0.2) is 0 Å². The van der Waals surface area contributed by atoms with Crippen molar-refractivity contribution < 1.29 is 4.79 Å². The predicted molar refractivity (Wildman–Crippen MR) is 72.9 cm³/mol. The molecule has 0 radical (unpaired) electrons. The highest BCUT2D eigenvalue weighted by atomic mass is 16.2. The summed E-state index contributed by atoms with van der Waals surface area (Å²) >= 11 is 0. The van der Waals surface area contributed by atoms with E-state index in [2.05, 4.69) is 17.2 Å². The van der Waals surface area contributed by atoms with Crippen LogP contribution >= 0.6 is 0 Å². The zero-order valence-corrected chi connectivity index (χ0v) is 11.2. The first kappa shape index (κ1) is 12.5. The van der Waals surface area contributed by atoms with Crippen molar-refractivity contribution in [1.82, 2.24) is 10.3 Å². The zero-order chi connectivity index (χ0) is 13.4. The summed E-state index contributed by atoms with van der Waals surface area (Å²) in [6.45, 7) is 2.07. The first-order valence-corrected chi connectivity index (χ1v) is 7.13. The highest BCUT2D eigenvalue weighted by molar-refractivity contribution is 5.93. The molecule has 2 aliphatic carbocycles. The van der Waals surface area contributed by atoms with Crippen molar-refractivity contribution in [3.8, 4) is 0 Å². The van der Waals surface area contributed by atoms with Crippen molar-refractivity contribution in [1.29, 1.82) is 0 Å². The van der Waals surface area contributed by atoms with Crippen LogP contribution in [0.15, 0.2) is 23.3 Å². The molecule has 19 heavy (non-hydrogen) atoms. The van der Waals surface area contributed by atoms with Crippen LogP contribution in [0.4, 0.5) is 0 Å².